The van der Waals surface area contributed by atoms with Gasteiger partial charge in [-0.3, -0.25) is 0 Å². The van der Waals surface area contributed by atoms with E-state index in [4.69, 9.17) is 0 Å². The first kappa shape index (κ1) is 15.2. The number of hydrogen-bond acceptors (Lipinski definition) is 1. The number of halogens is 1. The highest BCUT2D eigenvalue weighted by Crippen LogP contribution is 2.28. The highest BCUT2D eigenvalue weighted by atomic mass is 19.1. The van der Waals surface area contributed by atoms with Gasteiger partial charge in [0.25, 0.3) is 0 Å². The maximum atomic E-state index is 13.0. The lowest BCUT2D eigenvalue weighted by Gasteiger charge is -2.23. The number of likely N-dealkylation sites (N-methyl/N-ethyl adjacent to an activating group) is 1. The summed E-state index contributed by atoms with van der Waals surface area (Å²) >= 11 is 0. The fourth-order valence-electron chi connectivity index (χ4n) is 2.05. The minimum Gasteiger partial charge on any atom is -0.316 e. The lowest BCUT2D eigenvalue weighted by molar-refractivity contribution is 0.345. The van der Waals surface area contributed by atoms with Crippen LogP contribution in [0.2, 0.25) is 0 Å². The van der Waals surface area contributed by atoms with E-state index in [1.54, 1.807) is 12.1 Å². The van der Waals surface area contributed by atoms with Crippen LogP contribution < -0.4 is 5.32 Å². The van der Waals surface area contributed by atoms with Crippen LogP contribution in [0.3, 0.4) is 0 Å². The van der Waals surface area contributed by atoms with E-state index in [-0.39, 0.29) is 5.82 Å². The van der Waals surface area contributed by atoms with Crippen LogP contribution in [0.1, 0.15) is 52.0 Å². The van der Waals surface area contributed by atoms with Crippen molar-refractivity contribution in [3.8, 4) is 0 Å². The molecule has 0 bridgehead atoms. The predicted molar refractivity (Wildman–Crippen MR) is 76.4 cm³/mol. The molecule has 1 atom stereocenters. The first-order valence-electron chi connectivity index (χ1n) is 6.88. The second-order valence-corrected chi connectivity index (χ2v) is 6.16. The Kier molecular flexibility index (Phi) is 5.80. The third-order valence-electron chi connectivity index (χ3n) is 3.22. The quantitative estimate of drug-likeness (QED) is 0.792. The van der Waals surface area contributed by atoms with Gasteiger partial charge in [0.05, 0.1) is 0 Å². The molecule has 0 saturated carbocycles. The summed E-state index contributed by atoms with van der Waals surface area (Å²) in [5.74, 6) is 0.321. The largest absolute Gasteiger partial charge is 0.316 e. The molecular weight excluding hydrogens is 225 g/mol. The van der Waals surface area contributed by atoms with Gasteiger partial charge in [0.1, 0.15) is 5.82 Å². The molecule has 1 rings (SSSR count). The van der Waals surface area contributed by atoms with Gasteiger partial charge in [-0.2, -0.15) is 0 Å². The zero-order valence-corrected chi connectivity index (χ0v) is 12.1. The highest BCUT2D eigenvalue weighted by molar-refractivity contribution is 5.20. The van der Waals surface area contributed by atoms with E-state index in [1.807, 2.05) is 12.1 Å². The predicted octanol–water partition coefficient (Wildman–Crippen LogP) is 4.35. The fourth-order valence-corrected chi connectivity index (χ4v) is 2.05. The first-order chi connectivity index (χ1) is 8.42. The van der Waals surface area contributed by atoms with E-state index in [1.165, 1.54) is 12.0 Å². The Bertz CT molecular complexity index is 337. The second-order valence-electron chi connectivity index (χ2n) is 6.16. The van der Waals surface area contributed by atoms with Crippen molar-refractivity contribution < 1.29 is 4.39 Å². The molecule has 0 aromatic heterocycles. The highest BCUT2D eigenvalue weighted by Gasteiger charge is 2.16. The summed E-state index contributed by atoms with van der Waals surface area (Å²) in [6.07, 6.45) is 2.32. The summed E-state index contributed by atoms with van der Waals surface area (Å²) in [6, 6.07) is 6.96. The number of rotatable bonds is 6. The Morgan fingerprint density at radius 3 is 2.28 bits per heavy atom. The van der Waals surface area contributed by atoms with Gasteiger partial charge in [0.15, 0.2) is 0 Å². The van der Waals surface area contributed by atoms with Crippen LogP contribution in [-0.2, 0) is 0 Å². The van der Waals surface area contributed by atoms with Crippen molar-refractivity contribution in [2.75, 3.05) is 13.1 Å². The molecule has 102 valence electrons. The Morgan fingerprint density at radius 1 is 1.17 bits per heavy atom. The second kappa shape index (κ2) is 6.89. The van der Waals surface area contributed by atoms with Crippen molar-refractivity contribution in [1.82, 2.24) is 5.32 Å². The molecule has 1 nitrogen and oxygen atoms in total. The van der Waals surface area contributed by atoms with Crippen LogP contribution in [0, 0.1) is 11.2 Å². The third kappa shape index (κ3) is 5.63. The fraction of sp³-hybridized carbons (Fsp3) is 0.625. The molecule has 18 heavy (non-hydrogen) atoms. The topological polar surface area (TPSA) is 12.0 Å². The molecule has 2 heteroatoms. The minimum atomic E-state index is -0.156. The van der Waals surface area contributed by atoms with Crippen molar-refractivity contribution in [3.63, 3.8) is 0 Å². The van der Waals surface area contributed by atoms with Gasteiger partial charge in [-0.05, 0) is 48.4 Å². The van der Waals surface area contributed by atoms with Crippen molar-refractivity contribution in [2.24, 2.45) is 5.41 Å². The SMILES string of the molecule is CCNCC(CCC(C)(C)C)c1ccc(F)cc1. The summed E-state index contributed by atoms with van der Waals surface area (Å²) in [5.41, 5.74) is 1.59. The Hall–Kier alpha value is -0.890. The summed E-state index contributed by atoms with van der Waals surface area (Å²) in [4.78, 5) is 0. The maximum absolute atomic E-state index is 13.0. The van der Waals surface area contributed by atoms with E-state index in [2.05, 4.69) is 33.0 Å². The standard InChI is InChI=1S/C16H26FN/c1-5-18-12-14(10-11-16(2,3)4)13-6-8-15(17)9-7-13/h6-9,14,18H,5,10-12H2,1-4H3. The average molecular weight is 251 g/mol. The zero-order chi connectivity index (χ0) is 13.6. The van der Waals surface area contributed by atoms with Crippen LogP contribution in [0.5, 0.6) is 0 Å². The zero-order valence-electron chi connectivity index (χ0n) is 12.1. The van der Waals surface area contributed by atoms with Crippen molar-refractivity contribution >= 4 is 0 Å². The summed E-state index contributed by atoms with van der Waals surface area (Å²) in [6.45, 7) is 10.9. The summed E-state index contributed by atoms with van der Waals surface area (Å²) in [7, 11) is 0. The molecule has 0 aliphatic carbocycles. The lowest BCUT2D eigenvalue weighted by Crippen LogP contribution is -2.22. The van der Waals surface area contributed by atoms with Gasteiger partial charge < -0.3 is 5.32 Å². The van der Waals surface area contributed by atoms with Gasteiger partial charge in [0, 0.05) is 6.54 Å². The molecule has 0 saturated heterocycles. The monoisotopic (exact) mass is 251 g/mol. The van der Waals surface area contributed by atoms with Crippen molar-refractivity contribution in [3.05, 3.63) is 35.6 Å². The van der Waals surface area contributed by atoms with Gasteiger partial charge in [-0.25, -0.2) is 4.39 Å². The molecule has 1 N–H and O–H groups in total. The number of hydrogen-bond donors (Lipinski definition) is 1. The van der Waals surface area contributed by atoms with Crippen LogP contribution >= 0.6 is 0 Å². The molecule has 1 unspecified atom stereocenters. The molecular formula is C16H26FN. The molecule has 1 aromatic rings. The molecule has 0 amide bonds. The smallest absolute Gasteiger partial charge is 0.123 e. The summed E-state index contributed by atoms with van der Waals surface area (Å²) in [5, 5.41) is 3.40. The Balaban J connectivity index is 2.68. The van der Waals surface area contributed by atoms with Crippen LogP contribution in [-0.4, -0.2) is 13.1 Å². The third-order valence-corrected chi connectivity index (χ3v) is 3.22. The molecule has 0 radical (unpaired) electrons. The lowest BCUT2D eigenvalue weighted by atomic mass is 9.84. The molecule has 0 aliphatic rings. The van der Waals surface area contributed by atoms with Crippen LogP contribution in [0.4, 0.5) is 4.39 Å². The first-order valence-corrected chi connectivity index (χ1v) is 6.88. The molecule has 0 heterocycles. The van der Waals surface area contributed by atoms with Gasteiger partial charge in [-0.1, -0.05) is 39.8 Å². The van der Waals surface area contributed by atoms with Gasteiger partial charge >= 0.3 is 0 Å². The van der Waals surface area contributed by atoms with E-state index >= 15 is 0 Å². The Labute approximate surface area is 111 Å². The maximum Gasteiger partial charge on any atom is 0.123 e. The molecule has 0 spiro atoms. The van der Waals surface area contributed by atoms with E-state index in [0.29, 0.717) is 11.3 Å². The van der Waals surface area contributed by atoms with Crippen molar-refractivity contribution in [1.29, 1.82) is 0 Å². The van der Waals surface area contributed by atoms with Crippen LogP contribution in [0.15, 0.2) is 24.3 Å². The molecule has 0 fully saturated rings. The van der Waals surface area contributed by atoms with E-state index in [0.717, 1.165) is 19.5 Å². The van der Waals surface area contributed by atoms with E-state index < -0.39 is 0 Å². The minimum absolute atomic E-state index is 0.156. The summed E-state index contributed by atoms with van der Waals surface area (Å²) < 4.78 is 13.0. The average Bonchev–Trinajstić information content (AvgIpc) is 2.29. The molecule has 1 aromatic carbocycles. The Morgan fingerprint density at radius 2 is 1.78 bits per heavy atom. The number of nitrogens with one attached hydrogen (secondary N) is 1. The van der Waals surface area contributed by atoms with E-state index in [9.17, 15) is 4.39 Å². The number of benzene rings is 1. The van der Waals surface area contributed by atoms with Crippen molar-refractivity contribution in [2.45, 2.75) is 46.5 Å². The van der Waals surface area contributed by atoms with Gasteiger partial charge in [-0.15, -0.1) is 0 Å². The normalized spacial score (nSPS) is 13.6. The van der Waals surface area contributed by atoms with Gasteiger partial charge in [0.2, 0.25) is 0 Å². The molecule has 0 aliphatic heterocycles. The van der Waals surface area contributed by atoms with Crippen LogP contribution in [0.25, 0.3) is 0 Å².